The van der Waals surface area contributed by atoms with Crippen molar-refractivity contribution in [2.75, 3.05) is 13.7 Å². The molecule has 0 aliphatic rings. The standard InChI is InChI=1S/C28H29N3O3/c1-4-21-9-5-6-11-25(21)26-13-12-23(15-24(26)18-33-3)28-30-27(31-34-28)22-10-7-8-20(14-22)17-29-16-19(2)32/h5-15,29H,4,16-18H2,1-3H3. The summed E-state index contributed by atoms with van der Waals surface area (Å²) in [7, 11) is 1.70. The molecule has 0 fully saturated rings. The molecule has 1 N–H and O–H groups in total. The second kappa shape index (κ2) is 11.0. The van der Waals surface area contributed by atoms with Crippen molar-refractivity contribution in [3.05, 3.63) is 83.4 Å². The van der Waals surface area contributed by atoms with E-state index in [4.69, 9.17) is 9.26 Å². The van der Waals surface area contributed by atoms with E-state index < -0.39 is 0 Å². The Bertz CT molecular complexity index is 1280. The number of benzene rings is 3. The van der Waals surface area contributed by atoms with Crippen molar-refractivity contribution in [2.24, 2.45) is 0 Å². The van der Waals surface area contributed by atoms with E-state index in [0.717, 1.165) is 34.2 Å². The van der Waals surface area contributed by atoms with Crippen molar-refractivity contribution in [2.45, 2.75) is 33.4 Å². The van der Waals surface area contributed by atoms with Crippen LogP contribution in [0.3, 0.4) is 0 Å². The van der Waals surface area contributed by atoms with Gasteiger partial charge in [0.25, 0.3) is 5.89 Å². The van der Waals surface area contributed by atoms with E-state index in [9.17, 15) is 4.79 Å². The van der Waals surface area contributed by atoms with Gasteiger partial charge in [-0.25, -0.2) is 0 Å². The number of ketones is 1. The number of ether oxygens (including phenoxy) is 1. The van der Waals surface area contributed by atoms with Crippen LogP contribution in [-0.4, -0.2) is 29.6 Å². The van der Waals surface area contributed by atoms with E-state index in [1.165, 1.54) is 11.1 Å². The van der Waals surface area contributed by atoms with Crippen molar-refractivity contribution in [1.29, 1.82) is 0 Å². The van der Waals surface area contributed by atoms with Gasteiger partial charge in [-0.15, -0.1) is 0 Å². The maximum Gasteiger partial charge on any atom is 0.258 e. The lowest BCUT2D eigenvalue weighted by Gasteiger charge is -2.13. The van der Waals surface area contributed by atoms with Crippen LogP contribution >= 0.6 is 0 Å². The number of carbonyl (C=O) groups is 1. The maximum absolute atomic E-state index is 11.2. The van der Waals surface area contributed by atoms with Crippen LogP contribution in [0, 0.1) is 0 Å². The van der Waals surface area contributed by atoms with Crippen molar-refractivity contribution in [3.63, 3.8) is 0 Å². The van der Waals surface area contributed by atoms with Gasteiger partial charge < -0.3 is 14.6 Å². The third-order valence-electron chi connectivity index (χ3n) is 5.65. The Hall–Kier alpha value is -3.61. The molecule has 3 aromatic carbocycles. The van der Waals surface area contributed by atoms with E-state index in [-0.39, 0.29) is 5.78 Å². The quantitative estimate of drug-likeness (QED) is 0.342. The third-order valence-corrected chi connectivity index (χ3v) is 5.65. The molecule has 0 spiro atoms. The zero-order chi connectivity index (χ0) is 23.9. The van der Waals surface area contributed by atoms with E-state index in [1.807, 2.05) is 30.3 Å². The van der Waals surface area contributed by atoms with Gasteiger partial charge in [0.15, 0.2) is 0 Å². The average Bonchev–Trinajstić information content (AvgIpc) is 3.35. The lowest BCUT2D eigenvalue weighted by molar-refractivity contribution is -0.116. The first kappa shape index (κ1) is 23.5. The smallest absolute Gasteiger partial charge is 0.258 e. The van der Waals surface area contributed by atoms with E-state index in [0.29, 0.717) is 31.4 Å². The topological polar surface area (TPSA) is 77.3 Å². The summed E-state index contributed by atoms with van der Waals surface area (Å²) in [5, 5.41) is 7.33. The number of nitrogens with zero attached hydrogens (tertiary/aromatic N) is 2. The Balaban J connectivity index is 1.61. The van der Waals surface area contributed by atoms with Crippen LogP contribution in [-0.2, 0) is 29.1 Å². The number of carbonyl (C=O) groups excluding carboxylic acids is 1. The van der Waals surface area contributed by atoms with Gasteiger partial charge in [0.1, 0.15) is 5.78 Å². The molecule has 0 unspecified atom stereocenters. The third kappa shape index (κ3) is 5.47. The molecule has 0 saturated heterocycles. The fourth-order valence-corrected chi connectivity index (χ4v) is 4.02. The van der Waals surface area contributed by atoms with Crippen molar-refractivity contribution in [3.8, 4) is 34.0 Å². The Labute approximate surface area is 200 Å². The number of Topliss-reactive ketones (excluding diaryl/α,β-unsaturated/α-hetero) is 1. The molecule has 0 bridgehead atoms. The van der Waals surface area contributed by atoms with Gasteiger partial charge >= 0.3 is 0 Å². The Morgan fingerprint density at radius 2 is 1.79 bits per heavy atom. The highest BCUT2D eigenvalue weighted by atomic mass is 16.5. The molecule has 0 aliphatic carbocycles. The Kier molecular flexibility index (Phi) is 7.62. The lowest BCUT2D eigenvalue weighted by Crippen LogP contribution is -2.20. The van der Waals surface area contributed by atoms with Gasteiger partial charge in [0, 0.05) is 24.8 Å². The fourth-order valence-electron chi connectivity index (χ4n) is 4.02. The van der Waals surface area contributed by atoms with Crippen LogP contribution in [0.5, 0.6) is 0 Å². The van der Waals surface area contributed by atoms with Gasteiger partial charge in [-0.3, -0.25) is 4.79 Å². The summed E-state index contributed by atoms with van der Waals surface area (Å²) in [6, 6.07) is 22.5. The molecule has 0 aliphatic heterocycles. The number of methoxy groups -OCH3 is 1. The van der Waals surface area contributed by atoms with Crippen LogP contribution < -0.4 is 5.32 Å². The van der Waals surface area contributed by atoms with E-state index in [1.54, 1.807) is 14.0 Å². The maximum atomic E-state index is 11.2. The first-order valence-electron chi connectivity index (χ1n) is 11.4. The number of nitrogens with one attached hydrogen (secondary N) is 1. The van der Waals surface area contributed by atoms with Crippen LogP contribution in [0.25, 0.3) is 34.0 Å². The number of hydrogen-bond donors (Lipinski definition) is 1. The van der Waals surface area contributed by atoms with E-state index in [2.05, 4.69) is 58.8 Å². The molecular formula is C28H29N3O3. The number of aromatic nitrogens is 2. The minimum Gasteiger partial charge on any atom is -0.380 e. The van der Waals surface area contributed by atoms with Gasteiger partial charge in [-0.05, 0) is 59.4 Å². The molecule has 1 aromatic heterocycles. The van der Waals surface area contributed by atoms with Gasteiger partial charge in [0.2, 0.25) is 5.82 Å². The molecule has 1 heterocycles. The molecule has 34 heavy (non-hydrogen) atoms. The highest BCUT2D eigenvalue weighted by Gasteiger charge is 2.15. The molecule has 6 heteroatoms. The first-order valence-corrected chi connectivity index (χ1v) is 11.4. The minimum atomic E-state index is 0.107. The fraction of sp³-hybridized carbons (Fsp3) is 0.250. The molecule has 6 nitrogen and oxygen atoms in total. The summed E-state index contributed by atoms with van der Waals surface area (Å²) >= 11 is 0. The second-order valence-electron chi connectivity index (χ2n) is 8.24. The summed E-state index contributed by atoms with van der Waals surface area (Å²) in [5.74, 6) is 1.09. The van der Waals surface area contributed by atoms with E-state index >= 15 is 0 Å². The molecule has 0 amide bonds. The largest absolute Gasteiger partial charge is 0.380 e. The number of rotatable bonds is 10. The average molecular weight is 456 g/mol. The molecule has 174 valence electrons. The summed E-state index contributed by atoms with van der Waals surface area (Å²) in [4.78, 5) is 15.8. The van der Waals surface area contributed by atoms with Crippen LogP contribution in [0.15, 0.2) is 71.3 Å². The SMILES string of the molecule is CCc1ccccc1-c1ccc(-c2nc(-c3cccc(CNCC(C)=O)c3)no2)cc1COC. The predicted octanol–water partition coefficient (Wildman–Crippen LogP) is 5.46. The number of hydrogen-bond acceptors (Lipinski definition) is 6. The van der Waals surface area contributed by atoms with Gasteiger partial charge in [-0.2, -0.15) is 4.98 Å². The Morgan fingerprint density at radius 1 is 0.971 bits per heavy atom. The van der Waals surface area contributed by atoms with Crippen LogP contribution in [0.4, 0.5) is 0 Å². The van der Waals surface area contributed by atoms with Gasteiger partial charge in [0.05, 0.1) is 13.2 Å². The lowest BCUT2D eigenvalue weighted by atomic mass is 9.93. The summed E-state index contributed by atoms with van der Waals surface area (Å²) in [5.41, 5.74) is 7.49. The van der Waals surface area contributed by atoms with Crippen LogP contribution in [0.1, 0.15) is 30.5 Å². The van der Waals surface area contributed by atoms with Gasteiger partial charge in [-0.1, -0.05) is 60.6 Å². The monoisotopic (exact) mass is 455 g/mol. The molecule has 0 radical (unpaired) electrons. The minimum absolute atomic E-state index is 0.107. The second-order valence-corrected chi connectivity index (χ2v) is 8.24. The molecular weight excluding hydrogens is 426 g/mol. The normalized spacial score (nSPS) is 11.0. The summed E-state index contributed by atoms with van der Waals surface area (Å²) < 4.78 is 11.1. The summed E-state index contributed by atoms with van der Waals surface area (Å²) in [6.07, 6.45) is 0.959. The predicted molar refractivity (Wildman–Crippen MR) is 133 cm³/mol. The molecule has 4 aromatic rings. The zero-order valence-corrected chi connectivity index (χ0v) is 19.8. The Morgan fingerprint density at radius 3 is 2.59 bits per heavy atom. The van der Waals surface area contributed by atoms with Crippen LogP contribution in [0.2, 0.25) is 0 Å². The first-order chi connectivity index (χ1) is 16.6. The molecule has 0 saturated carbocycles. The van der Waals surface area contributed by atoms with Crippen molar-refractivity contribution in [1.82, 2.24) is 15.5 Å². The summed E-state index contributed by atoms with van der Waals surface area (Å²) in [6.45, 7) is 5.16. The molecule has 0 atom stereocenters. The van der Waals surface area contributed by atoms with Crippen molar-refractivity contribution < 1.29 is 14.1 Å². The van der Waals surface area contributed by atoms with Crippen molar-refractivity contribution >= 4 is 5.78 Å². The zero-order valence-electron chi connectivity index (χ0n) is 19.8. The highest BCUT2D eigenvalue weighted by molar-refractivity contribution is 5.77. The molecule has 4 rings (SSSR count). The highest BCUT2D eigenvalue weighted by Crippen LogP contribution is 2.32. The number of aryl methyl sites for hydroxylation is 1.